The maximum Gasteiger partial charge on any atom is 0.322 e. The van der Waals surface area contributed by atoms with Crippen LogP contribution in [0.25, 0.3) is 0 Å². The standard InChI is InChI=1S/C11H16N6O2/c1-19-11-15-9(12)14-10(16-11)17-4-2-3-6-7(17)5-13-8(6)18/h6-7H,2-5H2,1H3,(H,13,18)(H2,12,14,15,16). The lowest BCUT2D eigenvalue weighted by Crippen LogP contribution is -2.46. The number of rotatable bonds is 2. The lowest BCUT2D eigenvalue weighted by atomic mass is 9.92. The van der Waals surface area contributed by atoms with Gasteiger partial charge in [0.2, 0.25) is 17.8 Å². The Morgan fingerprint density at radius 2 is 2.26 bits per heavy atom. The number of nitrogens with two attached hydrogens (primary N) is 1. The molecule has 3 rings (SSSR count). The first kappa shape index (κ1) is 11.9. The van der Waals surface area contributed by atoms with E-state index in [1.165, 1.54) is 7.11 Å². The zero-order chi connectivity index (χ0) is 13.4. The molecule has 8 heteroatoms. The van der Waals surface area contributed by atoms with Crippen molar-refractivity contribution in [3.8, 4) is 6.01 Å². The number of methoxy groups -OCH3 is 1. The molecule has 2 aliphatic rings. The summed E-state index contributed by atoms with van der Waals surface area (Å²) < 4.78 is 5.01. The number of amides is 1. The van der Waals surface area contributed by atoms with E-state index in [-0.39, 0.29) is 29.8 Å². The Kier molecular flexibility index (Phi) is 2.84. The zero-order valence-corrected chi connectivity index (χ0v) is 10.7. The number of aromatic nitrogens is 3. The highest BCUT2D eigenvalue weighted by Gasteiger charge is 2.41. The molecule has 2 unspecified atom stereocenters. The van der Waals surface area contributed by atoms with Crippen LogP contribution in [-0.2, 0) is 4.79 Å². The van der Waals surface area contributed by atoms with Gasteiger partial charge >= 0.3 is 6.01 Å². The molecular formula is C11H16N6O2. The number of hydrogen-bond acceptors (Lipinski definition) is 7. The Bertz CT molecular complexity index is 508. The van der Waals surface area contributed by atoms with Gasteiger partial charge in [-0.1, -0.05) is 0 Å². The van der Waals surface area contributed by atoms with Crippen LogP contribution in [0.3, 0.4) is 0 Å². The van der Waals surface area contributed by atoms with Gasteiger partial charge in [0.15, 0.2) is 0 Å². The fraction of sp³-hybridized carbons (Fsp3) is 0.636. The van der Waals surface area contributed by atoms with Crippen LogP contribution in [0.15, 0.2) is 0 Å². The van der Waals surface area contributed by atoms with Crippen molar-refractivity contribution in [2.75, 3.05) is 30.8 Å². The summed E-state index contributed by atoms with van der Waals surface area (Å²) in [6, 6.07) is 0.287. The van der Waals surface area contributed by atoms with Crippen molar-refractivity contribution < 1.29 is 9.53 Å². The molecule has 19 heavy (non-hydrogen) atoms. The summed E-state index contributed by atoms with van der Waals surface area (Å²) in [5.41, 5.74) is 5.65. The van der Waals surface area contributed by atoms with Crippen LogP contribution in [0.5, 0.6) is 6.01 Å². The molecule has 0 radical (unpaired) electrons. The highest BCUT2D eigenvalue weighted by atomic mass is 16.5. The third-order valence-corrected chi connectivity index (χ3v) is 3.66. The summed E-state index contributed by atoms with van der Waals surface area (Å²) in [4.78, 5) is 26.0. The van der Waals surface area contributed by atoms with Crippen molar-refractivity contribution in [3.63, 3.8) is 0 Å². The third-order valence-electron chi connectivity index (χ3n) is 3.66. The highest BCUT2D eigenvalue weighted by molar-refractivity contribution is 5.82. The Morgan fingerprint density at radius 3 is 3.05 bits per heavy atom. The number of piperidine rings is 1. The van der Waals surface area contributed by atoms with E-state index in [2.05, 4.69) is 20.3 Å². The molecule has 2 fully saturated rings. The monoisotopic (exact) mass is 264 g/mol. The number of ether oxygens (including phenoxy) is 1. The second-order valence-electron chi connectivity index (χ2n) is 4.73. The largest absolute Gasteiger partial charge is 0.467 e. The number of nitrogens with one attached hydrogen (secondary N) is 1. The summed E-state index contributed by atoms with van der Waals surface area (Å²) in [7, 11) is 1.48. The molecule has 2 saturated heterocycles. The van der Waals surface area contributed by atoms with E-state index in [4.69, 9.17) is 10.5 Å². The van der Waals surface area contributed by atoms with Crippen LogP contribution in [0, 0.1) is 5.92 Å². The van der Waals surface area contributed by atoms with Gasteiger partial charge in [-0.2, -0.15) is 15.0 Å². The molecule has 2 aliphatic heterocycles. The van der Waals surface area contributed by atoms with Crippen LogP contribution in [0.2, 0.25) is 0 Å². The minimum atomic E-state index is 0.0118. The van der Waals surface area contributed by atoms with Crippen LogP contribution in [0.1, 0.15) is 12.8 Å². The predicted molar refractivity (Wildman–Crippen MR) is 67.7 cm³/mol. The zero-order valence-electron chi connectivity index (χ0n) is 10.7. The molecule has 0 spiro atoms. The quantitative estimate of drug-likeness (QED) is 0.718. The van der Waals surface area contributed by atoms with E-state index in [0.717, 1.165) is 19.4 Å². The Labute approximate surface area is 110 Å². The van der Waals surface area contributed by atoms with E-state index >= 15 is 0 Å². The van der Waals surface area contributed by atoms with Gasteiger partial charge in [-0.25, -0.2) is 0 Å². The van der Waals surface area contributed by atoms with E-state index in [0.29, 0.717) is 12.5 Å². The minimum Gasteiger partial charge on any atom is -0.467 e. The predicted octanol–water partition coefficient (Wildman–Crippen LogP) is -0.823. The first-order chi connectivity index (χ1) is 9.19. The lowest BCUT2D eigenvalue weighted by Gasteiger charge is -2.35. The van der Waals surface area contributed by atoms with E-state index in [1.54, 1.807) is 0 Å². The number of anilines is 2. The average molecular weight is 264 g/mol. The average Bonchev–Trinajstić information content (AvgIpc) is 2.80. The van der Waals surface area contributed by atoms with Crippen molar-refractivity contribution in [2.24, 2.45) is 5.92 Å². The lowest BCUT2D eigenvalue weighted by molar-refractivity contribution is -0.122. The molecular weight excluding hydrogens is 248 g/mol. The summed E-state index contributed by atoms with van der Waals surface area (Å²) in [6.45, 7) is 1.43. The van der Waals surface area contributed by atoms with Crippen LogP contribution < -0.4 is 20.7 Å². The summed E-state index contributed by atoms with van der Waals surface area (Å²) in [6.07, 6.45) is 1.84. The topological polar surface area (TPSA) is 106 Å². The normalized spacial score (nSPS) is 25.9. The summed E-state index contributed by atoms with van der Waals surface area (Å²) in [5, 5.41) is 2.89. The molecule has 2 atom stereocenters. The van der Waals surface area contributed by atoms with Crippen LogP contribution in [-0.4, -0.2) is 47.1 Å². The number of hydrogen-bond donors (Lipinski definition) is 2. The first-order valence-corrected chi connectivity index (χ1v) is 6.29. The second kappa shape index (κ2) is 4.52. The second-order valence-corrected chi connectivity index (χ2v) is 4.73. The fourth-order valence-corrected chi connectivity index (χ4v) is 2.78. The molecule has 1 aromatic rings. The van der Waals surface area contributed by atoms with Gasteiger partial charge in [-0.15, -0.1) is 0 Å². The first-order valence-electron chi connectivity index (χ1n) is 6.29. The maximum absolute atomic E-state index is 11.7. The number of fused-ring (bicyclic) bond motifs is 1. The molecule has 0 bridgehead atoms. The third kappa shape index (κ3) is 2.02. The molecule has 0 aliphatic carbocycles. The van der Waals surface area contributed by atoms with Crippen molar-refractivity contribution in [1.29, 1.82) is 0 Å². The number of carbonyl (C=O) groups excluding carboxylic acids is 1. The molecule has 1 amide bonds. The van der Waals surface area contributed by atoms with Gasteiger partial charge in [-0.05, 0) is 12.8 Å². The number of nitrogen functional groups attached to an aromatic ring is 1. The summed E-state index contributed by atoms with van der Waals surface area (Å²) >= 11 is 0. The van der Waals surface area contributed by atoms with Crippen LogP contribution in [0.4, 0.5) is 11.9 Å². The maximum atomic E-state index is 11.7. The summed E-state index contributed by atoms with van der Waals surface area (Å²) in [5.74, 6) is 0.734. The molecule has 8 nitrogen and oxygen atoms in total. The van der Waals surface area contributed by atoms with Gasteiger partial charge in [0.1, 0.15) is 0 Å². The number of carbonyl (C=O) groups is 1. The fourth-order valence-electron chi connectivity index (χ4n) is 2.78. The van der Waals surface area contributed by atoms with Gasteiger partial charge in [-0.3, -0.25) is 4.79 Å². The van der Waals surface area contributed by atoms with Gasteiger partial charge < -0.3 is 20.7 Å². The van der Waals surface area contributed by atoms with Gasteiger partial charge in [0.25, 0.3) is 0 Å². The molecule has 3 N–H and O–H groups in total. The molecule has 3 heterocycles. The Morgan fingerprint density at radius 1 is 1.42 bits per heavy atom. The Balaban J connectivity index is 1.92. The van der Waals surface area contributed by atoms with E-state index < -0.39 is 0 Å². The smallest absolute Gasteiger partial charge is 0.322 e. The molecule has 0 aromatic carbocycles. The van der Waals surface area contributed by atoms with Crippen molar-refractivity contribution in [2.45, 2.75) is 18.9 Å². The van der Waals surface area contributed by atoms with Crippen LogP contribution >= 0.6 is 0 Å². The molecule has 102 valence electrons. The van der Waals surface area contributed by atoms with E-state index in [9.17, 15) is 4.79 Å². The SMILES string of the molecule is COc1nc(N)nc(N2CCCC3C(=O)NCC32)n1. The minimum absolute atomic E-state index is 0.0118. The highest BCUT2D eigenvalue weighted by Crippen LogP contribution is 2.30. The van der Waals surface area contributed by atoms with Crippen molar-refractivity contribution >= 4 is 17.8 Å². The van der Waals surface area contributed by atoms with E-state index in [1.807, 2.05) is 4.90 Å². The van der Waals surface area contributed by atoms with Gasteiger partial charge in [0, 0.05) is 13.1 Å². The van der Waals surface area contributed by atoms with Gasteiger partial charge in [0.05, 0.1) is 19.1 Å². The molecule has 0 saturated carbocycles. The Hall–Kier alpha value is -2.12. The van der Waals surface area contributed by atoms with Crippen molar-refractivity contribution in [1.82, 2.24) is 20.3 Å². The molecule has 1 aromatic heterocycles. The van der Waals surface area contributed by atoms with Crippen molar-refractivity contribution in [3.05, 3.63) is 0 Å². The number of nitrogens with zero attached hydrogens (tertiary/aromatic N) is 4.